The van der Waals surface area contributed by atoms with Crippen LogP contribution in [0.4, 0.5) is 0 Å². The lowest BCUT2D eigenvalue weighted by atomic mass is 10.0. The summed E-state index contributed by atoms with van der Waals surface area (Å²) in [5.74, 6) is -0.873. The fourth-order valence-corrected chi connectivity index (χ4v) is 10.2. The van der Waals surface area contributed by atoms with Crippen LogP contribution in [0.3, 0.4) is 0 Å². The first-order chi connectivity index (χ1) is 38.0. The lowest BCUT2D eigenvalue weighted by Crippen LogP contribution is -2.30. The summed E-state index contributed by atoms with van der Waals surface area (Å²) in [5.41, 5.74) is 0. The van der Waals surface area contributed by atoms with Gasteiger partial charge in [0.2, 0.25) is 0 Å². The molecule has 0 aromatic carbocycles. The molecular formula is C71H130O6. The number of ether oxygens (including phenoxy) is 3. The third-order valence-electron chi connectivity index (χ3n) is 15.3. The average molecular weight is 1080 g/mol. The molecule has 0 heterocycles. The molecule has 77 heavy (non-hydrogen) atoms. The van der Waals surface area contributed by atoms with E-state index >= 15 is 0 Å². The maximum Gasteiger partial charge on any atom is 0.306 e. The van der Waals surface area contributed by atoms with Crippen molar-refractivity contribution in [3.63, 3.8) is 0 Å². The number of esters is 3. The zero-order chi connectivity index (χ0) is 55.7. The van der Waals surface area contributed by atoms with Crippen LogP contribution >= 0.6 is 0 Å². The van der Waals surface area contributed by atoms with Gasteiger partial charge in [0.15, 0.2) is 6.10 Å². The van der Waals surface area contributed by atoms with Crippen LogP contribution in [0.25, 0.3) is 0 Å². The normalized spacial score (nSPS) is 12.3. The smallest absolute Gasteiger partial charge is 0.306 e. The molecule has 0 amide bonds. The van der Waals surface area contributed by atoms with E-state index in [-0.39, 0.29) is 31.1 Å². The van der Waals surface area contributed by atoms with Crippen LogP contribution < -0.4 is 0 Å². The molecule has 0 aliphatic carbocycles. The Bertz CT molecular complexity index is 1330. The lowest BCUT2D eigenvalue weighted by Gasteiger charge is -2.18. The number of allylic oxidation sites excluding steroid dienone is 8. The molecule has 0 bridgehead atoms. The van der Waals surface area contributed by atoms with Crippen molar-refractivity contribution in [1.82, 2.24) is 0 Å². The fourth-order valence-electron chi connectivity index (χ4n) is 10.2. The molecule has 0 spiro atoms. The predicted octanol–water partition coefficient (Wildman–Crippen LogP) is 23.3. The summed E-state index contributed by atoms with van der Waals surface area (Å²) < 4.78 is 16.9. The average Bonchev–Trinajstić information content (AvgIpc) is 3.43. The second kappa shape index (κ2) is 65.9. The molecule has 0 aromatic rings. The maximum atomic E-state index is 12.9. The van der Waals surface area contributed by atoms with Gasteiger partial charge in [-0.05, 0) is 77.0 Å². The number of hydrogen-bond donors (Lipinski definition) is 0. The van der Waals surface area contributed by atoms with E-state index in [4.69, 9.17) is 14.2 Å². The van der Waals surface area contributed by atoms with E-state index in [1.54, 1.807) is 0 Å². The van der Waals surface area contributed by atoms with Crippen LogP contribution in [0.1, 0.15) is 367 Å². The van der Waals surface area contributed by atoms with Crippen LogP contribution in [0.15, 0.2) is 48.6 Å². The van der Waals surface area contributed by atoms with E-state index in [0.29, 0.717) is 19.3 Å². The molecule has 1 atom stereocenters. The molecule has 6 nitrogen and oxygen atoms in total. The van der Waals surface area contributed by atoms with Gasteiger partial charge in [0.25, 0.3) is 0 Å². The van der Waals surface area contributed by atoms with Crippen molar-refractivity contribution in [3.8, 4) is 0 Å². The Morgan fingerprint density at radius 2 is 0.494 bits per heavy atom. The summed E-state index contributed by atoms with van der Waals surface area (Å²) in [5, 5.41) is 0. The van der Waals surface area contributed by atoms with E-state index in [1.807, 2.05) is 0 Å². The van der Waals surface area contributed by atoms with E-state index in [2.05, 4.69) is 69.4 Å². The molecule has 0 fully saturated rings. The van der Waals surface area contributed by atoms with Gasteiger partial charge in [-0.15, -0.1) is 0 Å². The summed E-state index contributed by atoms with van der Waals surface area (Å²) in [6, 6.07) is 0. The van der Waals surface area contributed by atoms with Crippen LogP contribution in [-0.4, -0.2) is 37.2 Å². The first-order valence-electron chi connectivity index (χ1n) is 34.1. The Morgan fingerprint density at radius 3 is 0.792 bits per heavy atom. The third-order valence-corrected chi connectivity index (χ3v) is 15.3. The minimum atomic E-state index is -0.779. The molecular weight excluding hydrogens is 949 g/mol. The van der Waals surface area contributed by atoms with Gasteiger partial charge in [-0.1, -0.05) is 320 Å². The number of unbranched alkanes of at least 4 members (excludes halogenated alkanes) is 44. The number of hydrogen-bond acceptors (Lipinski definition) is 6. The van der Waals surface area contributed by atoms with Gasteiger partial charge in [0, 0.05) is 19.3 Å². The summed E-state index contributed by atoms with van der Waals surface area (Å²) in [6.45, 7) is 6.61. The highest BCUT2D eigenvalue weighted by molar-refractivity contribution is 5.71. The van der Waals surface area contributed by atoms with Gasteiger partial charge in [-0.2, -0.15) is 0 Å². The minimum Gasteiger partial charge on any atom is -0.462 e. The molecule has 6 heteroatoms. The van der Waals surface area contributed by atoms with Gasteiger partial charge < -0.3 is 14.2 Å². The molecule has 0 N–H and O–H groups in total. The van der Waals surface area contributed by atoms with Crippen molar-refractivity contribution in [2.24, 2.45) is 0 Å². The first kappa shape index (κ1) is 74.4. The highest BCUT2D eigenvalue weighted by Crippen LogP contribution is 2.18. The maximum absolute atomic E-state index is 12.9. The first-order valence-corrected chi connectivity index (χ1v) is 34.1. The summed E-state index contributed by atoms with van der Waals surface area (Å²) >= 11 is 0. The van der Waals surface area contributed by atoms with Crippen molar-refractivity contribution in [1.29, 1.82) is 0 Å². The molecule has 0 rings (SSSR count). The monoisotopic (exact) mass is 1080 g/mol. The highest BCUT2D eigenvalue weighted by Gasteiger charge is 2.19. The van der Waals surface area contributed by atoms with Gasteiger partial charge in [0.05, 0.1) is 0 Å². The number of carbonyl (C=O) groups excluding carboxylic acids is 3. The van der Waals surface area contributed by atoms with Gasteiger partial charge >= 0.3 is 17.9 Å². The SMILES string of the molecule is CCC/C=C\CCCCCCCC(=O)OCC(COC(=O)CCCCCCCCCCCCCCCCCCCCCCCCCCCC)OC(=O)CCCCCCCCCC/C=C\C/C=C\C/C=C\CCCCCCC. The van der Waals surface area contributed by atoms with Crippen LogP contribution in [0, 0.1) is 0 Å². The predicted molar refractivity (Wildman–Crippen MR) is 335 cm³/mol. The summed E-state index contributed by atoms with van der Waals surface area (Å²) in [4.78, 5) is 38.3. The van der Waals surface area contributed by atoms with Gasteiger partial charge in [-0.3, -0.25) is 14.4 Å². The standard InChI is InChI=1S/C71H130O6/c1-4-7-10-13-16-19-22-24-26-28-30-32-34-35-36-38-39-41-43-45-47-49-52-55-58-61-64-70(73)76-67-68(66-75-69(72)63-60-57-54-51-21-18-15-12-9-6-3)77-71(74)65-62-59-56-53-50-48-46-44-42-40-37-33-31-29-27-25-23-20-17-14-11-8-5-2/h12,15,23,25,29,31,37,40,68H,4-11,13-14,16-22,24,26-28,30,32-36,38-39,41-67H2,1-3H3/b15-12-,25-23-,31-29-,40-37-. The van der Waals surface area contributed by atoms with E-state index in [1.165, 1.54) is 238 Å². The van der Waals surface area contributed by atoms with Gasteiger partial charge in [-0.25, -0.2) is 0 Å². The third kappa shape index (κ3) is 64.1. The van der Waals surface area contributed by atoms with Crippen LogP contribution in [-0.2, 0) is 28.6 Å². The quantitative estimate of drug-likeness (QED) is 0.0261. The second-order valence-corrected chi connectivity index (χ2v) is 23.1. The van der Waals surface area contributed by atoms with Crippen LogP contribution in [0.5, 0.6) is 0 Å². The molecule has 0 aliphatic heterocycles. The van der Waals surface area contributed by atoms with E-state index in [0.717, 1.165) is 89.9 Å². The molecule has 1 unspecified atom stereocenters. The van der Waals surface area contributed by atoms with E-state index < -0.39 is 6.10 Å². The Balaban J connectivity index is 4.18. The fraction of sp³-hybridized carbons (Fsp3) is 0.845. The largest absolute Gasteiger partial charge is 0.462 e. The Labute approximate surface area is 479 Å². The molecule has 0 saturated carbocycles. The zero-order valence-corrected chi connectivity index (χ0v) is 51.7. The lowest BCUT2D eigenvalue weighted by molar-refractivity contribution is -0.167. The number of rotatable bonds is 63. The number of carbonyl (C=O) groups is 3. The summed E-state index contributed by atoms with van der Waals surface area (Å²) in [6.07, 6.45) is 82.9. The minimum absolute atomic E-state index is 0.0753. The van der Waals surface area contributed by atoms with Crippen molar-refractivity contribution in [2.75, 3.05) is 13.2 Å². The summed E-state index contributed by atoms with van der Waals surface area (Å²) in [7, 11) is 0. The Morgan fingerprint density at radius 1 is 0.260 bits per heavy atom. The molecule has 0 aromatic heterocycles. The van der Waals surface area contributed by atoms with Gasteiger partial charge in [0.1, 0.15) is 13.2 Å². The molecule has 450 valence electrons. The van der Waals surface area contributed by atoms with Crippen molar-refractivity contribution >= 4 is 17.9 Å². The van der Waals surface area contributed by atoms with Crippen molar-refractivity contribution in [2.45, 2.75) is 374 Å². The molecule has 0 saturated heterocycles. The highest BCUT2D eigenvalue weighted by atomic mass is 16.6. The topological polar surface area (TPSA) is 78.9 Å². The molecule has 0 aliphatic rings. The van der Waals surface area contributed by atoms with Crippen molar-refractivity contribution in [3.05, 3.63) is 48.6 Å². The zero-order valence-electron chi connectivity index (χ0n) is 51.7. The Kier molecular flexibility index (Phi) is 63.6. The van der Waals surface area contributed by atoms with Crippen LogP contribution in [0.2, 0.25) is 0 Å². The van der Waals surface area contributed by atoms with E-state index in [9.17, 15) is 14.4 Å². The second-order valence-electron chi connectivity index (χ2n) is 23.1. The Hall–Kier alpha value is -2.63. The van der Waals surface area contributed by atoms with Crippen molar-refractivity contribution < 1.29 is 28.6 Å². The molecule has 0 radical (unpaired) electrons.